The van der Waals surface area contributed by atoms with E-state index >= 15 is 0 Å². The highest BCUT2D eigenvalue weighted by Gasteiger charge is 2.06. The van der Waals surface area contributed by atoms with Gasteiger partial charge in [0.1, 0.15) is 17.7 Å². The van der Waals surface area contributed by atoms with Gasteiger partial charge in [-0.1, -0.05) is 18.2 Å². The molecule has 0 spiro atoms. The molecular weight excluding hydrogens is 226 g/mol. The Morgan fingerprint density at radius 1 is 1.22 bits per heavy atom. The molecule has 1 rings (SSSR count). The van der Waals surface area contributed by atoms with Crippen molar-refractivity contribution in [1.29, 1.82) is 10.5 Å². The maximum atomic E-state index is 11.5. The lowest BCUT2D eigenvalue weighted by Crippen LogP contribution is -2.21. The Labute approximate surface area is 106 Å². The summed E-state index contributed by atoms with van der Waals surface area (Å²) in [6.07, 6.45) is 4.38. The fraction of sp³-hybridized carbons (Fsp3) is 0.0714. The number of para-hydroxylation sites is 1. The Kier molecular flexibility index (Phi) is 4.90. The molecule has 0 saturated heterocycles. The second-order valence-corrected chi connectivity index (χ2v) is 3.37. The van der Waals surface area contributed by atoms with Crippen molar-refractivity contribution >= 4 is 11.6 Å². The number of hydrogen-bond donors (Lipinski definition) is 0. The van der Waals surface area contributed by atoms with E-state index in [0.29, 0.717) is 0 Å². The van der Waals surface area contributed by atoms with Crippen LogP contribution in [0.5, 0.6) is 0 Å². The third-order valence-electron chi connectivity index (χ3n) is 2.11. The molecule has 0 N–H and O–H groups in total. The smallest absolute Gasteiger partial charge is 0.227 e. The molecular formula is C14H11N3O. The molecule has 0 heterocycles. The van der Waals surface area contributed by atoms with Gasteiger partial charge in [-0.3, -0.25) is 9.69 Å². The summed E-state index contributed by atoms with van der Waals surface area (Å²) < 4.78 is 0. The van der Waals surface area contributed by atoms with Crippen molar-refractivity contribution in [3.8, 4) is 12.1 Å². The third kappa shape index (κ3) is 3.62. The van der Waals surface area contributed by atoms with Crippen LogP contribution in [0.4, 0.5) is 5.69 Å². The minimum Gasteiger partial charge on any atom is -0.288 e. The number of carbonyl (C=O) groups excluding carboxylic acids is 1. The number of nitriles is 2. The van der Waals surface area contributed by atoms with Gasteiger partial charge in [-0.2, -0.15) is 10.5 Å². The van der Waals surface area contributed by atoms with Crippen LogP contribution in [0.1, 0.15) is 6.92 Å². The van der Waals surface area contributed by atoms with Crippen molar-refractivity contribution in [2.24, 2.45) is 0 Å². The zero-order valence-corrected chi connectivity index (χ0v) is 9.87. The fourth-order valence-corrected chi connectivity index (χ4v) is 1.29. The maximum absolute atomic E-state index is 11.5. The SMILES string of the molecule is CC(=O)N(/C=C/C=C(C#N)C#N)c1ccccc1. The first kappa shape index (κ1) is 13.2. The maximum Gasteiger partial charge on any atom is 0.227 e. The first-order valence-electron chi connectivity index (χ1n) is 5.22. The lowest BCUT2D eigenvalue weighted by Gasteiger charge is -2.15. The molecule has 0 atom stereocenters. The summed E-state index contributed by atoms with van der Waals surface area (Å²) >= 11 is 0. The Balaban J connectivity index is 2.95. The van der Waals surface area contributed by atoms with E-state index in [1.54, 1.807) is 24.3 Å². The molecule has 1 aromatic rings. The van der Waals surface area contributed by atoms with Crippen molar-refractivity contribution in [2.75, 3.05) is 4.90 Å². The molecule has 0 saturated carbocycles. The average molecular weight is 237 g/mol. The Morgan fingerprint density at radius 2 is 1.83 bits per heavy atom. The van der Waals surface area contributed by atoms with Crippen LogP contribution in [0.3, 0.4) is 0 Å². The standard InChI is InChI=1S/C14H11N3O/c1-12(18)17(14-7-3-2-4-8-14)9-5-6-13(10-15)11-16/h2-9H,1H3/b9-5+. The average Bonchev–Trinajstić information content (AvgIpc) is 2.39. The highest BCUT2D eigenvalue weighted by molar-refractivity contribution is 5.93. The molecule has 0 fully saturated rings. The zero-order chi connectivity index (χ0) is 13.4. The van der Waals surface area contributed by atoms with Crippen LogP contribution >= 0.6 is 0 Å². The molecule has 1 aromatic carbocycles. The summed E-state index contributed by atoms with van der Waals surface area (Å²) in [5, 5.41) is 17.1. The predicted molar refractivity (Wildman–Crippen MR) is 68.1 cm³/mol. The zero-order valence-electron chi connectivity index (χ0n) is 9.87. The van der Waals surface area contributed by atoms with E-state index in [1.807, 2.05) is 18.2 Å². The van der Waals surface area contributed by atoms with Gasteiger partial charge in [0.2, 0.25) is 5.91 Å². The van der Waals surface area contributed by atoms with E-state index in [2.05, 4.69) is 0 Å². The second-order valence-electron chi connectivity index (χ2n) is 3.37. The number of allylic oxidation sites excluding steroid dienone is 3. The van der Waals surface area contributed by atoms with Gasteiger partial charge in [0.05, 0.1) is 0 Å². The number of hydrogen-bond acceptors (Lipinski definition) is 3. The number of benzene rings is 1. The summed E-state index contributed by atoms with van der Waals surface area (Å²) in [5.74, 6) is -0.152. The summed E-state index contributed by atoms with van der Waals surface area (Å²) in [5.41, 5.74) is 0.716. The molecule has 4 nitrogen and oxygen atoms in total. The molecule has 0 aromatic heterocycles. The van der Waals surface area contributed by atoms with Crippen molar-refractivity contribution in [1.82, 2.24) is 0 Å². The molecule has 0 radical (unpaired) electrons. The quantitative estimate of drug-likeness (QED) is 0.599. The van der Waals surface area contributed by atoms with Gasteiger partial charge in [-0.15, -0.1) is 0 Å². The molecule has 0 aliphatic heterocycles. The lowest BCUT2D eigenvalue weighted by atomic mass is 10.2. The largest absolute Gasteiger partial charge is 0.288 e. The van der Waals surface area contributed by atoms with Gasteiger partial charge in [0.15, 0.2) is 0 Å². The minimum absolute atomic E-state index is 0.0113. The number of rotatable bonds is 3. The van der Waals surface area contributed by atoms with Crippen LogP contribution in [0.2, 0.25) is 0 Å². The first-order valence-corrected chi connectivity index (χ1v) is 5.22. The van der Waals surface area contributed by atoms with Gasteiger partial charge in [0, 0.05) is 18.8 Å². The number of nitrogens with zero attached hydrogens (tertiary/aromatic N) is 3. The van der Waals surface area contributed by atoms with Gasteiger partial charge >= 0.3 is 0 Å². The summed E-state index contributed by atoms with van der Waals surface area (Å²) in [4.78, 5) is 12.9. The van der Waals surface area contributed by atoms with Crippen LogP contribution in [-0.4, -0.2) is 5.91 Å². The van der Waals surface area contributed by atoms with E-state index < -0.39 is 0 Å². The van der Waals surface area contributed by atoms with Gasteiger partial charge in [-0.25, -0.2) is 0 Å². The predicted octanol–water partition coefficient (Wildman–Crippen LogP) is 2.53. The van der Waals surface area contributed by atoms with Crippen LogP contribution in [0, 0.1) is 22.7 Å². The monoisotopic (exact) mass is 237 g/mol. The van der Waals surface area contributed by atoms with Gasteiger partial charge in [0.25, 0.3) is 0 Å². The van der Waals surface area contributed by atoms with Crippen molar-refractivity contribution in [2.45, 2.75) is 6.92 Å². The first-order chi connectivity index (χ1) is 8.69. The lowest BCUT2D eigenvalue weighted by molar-refractivity contribution is -0.116. The molecule has 0 unspecified atom stereocenters. The Morgan fingerprint density at radius 3 is 2.33 bits per heavy atom. The fourth-order valence-electron chi connectivity index (χ4n) is 1.29. The van der Waals surface area contributed by atoms with Crippen molar-refractivity contribution in [3.05, 3.63) is 54.3 Å². The normalized spacial score (nSPS) is 9.28. The molecule has 0 bridgehead atoms. The Bertz CT molecular complexity index is 543. The van der Waals surface area contributed by atoms with E-state index in [0.717, 1.165) is 5.69 Å². The van der Waals surface area contributed by atoms with Crippen LogP contribution in [0.25, 0.3) is 0 Å². The van der Waals surface area contributed by atoms with E-state index in [9.17, 15) is 4.79 Å². The minimum atomic E-state index is -0.152. The number of anilines is 1. The van der Waals surface area contributed by atoms with Crippen molar-refractivity contribution in [3.63, 3.8) is 0 Å². The molecule has 0 aliphatic rings. The van der Waals surface area contributed by atoms with Crippen molar-refractivity contribution < 1.29 is 4.79 Å². The van der Waals surface area contributed by atoms with Gasteiger partial charge < -0.3 is 0 Å². The molecule has 18 heavy (non-hydrogen) atoms. The van der Waals surface area contributed by atoms with Gasteiger partial charge in [-0.05, 0) is 24.3 Å². The van der Waals surface area contributed by atoms with Crippen LogP contribution in [-0.2, 0) is 4.79 Å². The summed E-state index contributed by atoms with van der Waals surface area (Å²) in [6.45, 7) is 1.44. The highest BCUT2D eigenvalue weighted by atomic mass is 16.2. The number of carbonyl (C=O) groups is 1. The van der Waals surface area contributed by atoms with E-state index in [4.69, 9.17) is 10.5 Å². The molecule has 88 valence electrons. The van der Waals surface area contributed by atoms with Crippen LogP contribution in [0.15, 0.2) is 54.3 Å². The Hall–Kier alpha value is -2.85. The summed E-state index contributed by atoms with van der Waals surface area (Å²) in [6, 6.07) is 12.6. The van der Waals surface area contributed by atoms with E-state index in [1.165, 1.54) is 30.2 Å². The summed E-state index contributed by atoms with van der Waals surface area (Å²) in [7, 11) is 0. The van der Waals surface area contributed by atoms with Crippen LogP contribution < -0.4 is 4.90 Å². The highest BCUT2D eigenvalue weighted by Crippen LogP contribution is 2.13. The molecule has 4 heteroatoms. The van der Waals surface area contributed by atoms with E-state index in [-0.39, 0.29) is 11.5 Å². The second kappa shape index (κ2) is 6.67. The third-order valence-corrected chi connectivity index (χ3v) is 2.11. The topological polar surface area (TPSA) is 67.9 Å². The molecule has 1 amide bonds. The molecule has 0 aliphatic carbocycles. The number of amides is 1.